The molecule has 1 aliphatic rings. The van der Waals surface area contributed by atoms with E-state index >= 15 is 0 Å². The Labute approximate surface area is 130 Å². The summed E-state index contributed by atoms with van der Waals surface area (Å²) in [5.41, 5.74) is 0.357. The number of hydrogen-bond donors (Lipinski definition) is 1. The topological polar surface area (TPSA) is 49.8 Å². The van der Waals surface area contributed by atoms with Crippen molar-refractivity contribution < 1.29 is 14.6 Å². The highest BCUT2D eigenvalue weighted by Gasteiger charge is 2.37. The first-order chi connectivity index (χ1) is 9.79. The molecule has 4 nitrogen and oxygen atoms in total. The normalized spacial score (nSPS) is 22.9. The Balaban J connectivity index is 2.04. The summed E-state index contributed by atoms with van der Waals surface area (Å²) in [7, 11) is 0. The van der Waals surface area contributed by atoms with Crippen LogP contribution in [-0.4, -0.2) is 40.7 Å². The van der Waals surface area contributed by atoms with E-state index in [-0.39, 0.29) is 24.0 Å². The van der Waals surface area contributed by atoms with Gasteiger partial charge in [0.15, 0.2) is 0 Å². The lowest BCUT2D eigenvalue weighted by atomic mass is 9.98. The lowest BCUT2D eigenvalue weighted by Gasteiger charge is -2.45. The summed E-state index contributed by atoms with van der Waals surface area (Å²) in [6.45, 7) is 6.97. The average molecular weight is 312 g/mol. The van der Waals surface area contributed by atoms with Crippen LogP contribution in [0.5, 0.6) is 0 Å². The fourth-order valence-electron chi connectivity index (χ4n) is 2.50. The number of nitrogens with zero attached hydrogens (tertiary/aromatic N) is 1. The van der Waals surface area contributed by atoms with Gasteiger partial charge in [0.25, 0.3) is 0 Å². The van der Waals surface area contributed by atoms with Crippen molar-refractivity contribution >= 4 is 17.5 Å². The smallest absolute Gasteiger partial charge is 0.226 e. The number of aliphatic hydroxyl groups excluding tert-OH is 1. The third-order valence-electron chi connectivity index (χ3n) is 3.82. The molecule has 1 aromatic rings. The van der Waals surface area contributed by atoms with Gasteiger partial charge in [-0.2, -0.15) is 0 Å². The molecule has 0 saturated carbocycles. The highest BCUT2D eigenvalue weighted by Crippen LogP contribution is 2.26. The van der Waals surface area contributed by atoms with Gasteiger partial charge in [-0.25, -0.2) is 0 Å². The van der Waals surface area contributed by atoms with Crippen molar-refractivity contribution in [2.24, 2.45) is 0 Å². The van der Waals surface area contributed by atoms with E-state index in [1.165, 1.54) is 0 Å². The van der Waals surface area contributed by atoms with E-state index < -0.39 is 6.10 Å². The van der Waals surface area contributed by atoms with Crippen molar-refractivity contribution in [2.45, 2.75) is 44.9 Å². The number of rotatable bonds is 3. The fraction of sp³-hybridized carbons (Fsp3) is 0.562. The summed E-state index contributed by atoms with van der Waals surface area (Å²) in [5.74, 6) is -0.0578. The molecule has 0 radical (unpaired) electrons. The molecular formula is C16H22ClNO3. The molecule has 5 heteroatoms. The number of morpholine rings is 1. The summed E-state index contributed by atoms with van der Waals surface area (Å²) in [6.07, 6.45) is -0.726. The van der Waals surface area contributed by atoms with Crippen LogP contribution in [0.15, 0.2) is 24.3 Å². The fourth-order valence-corrected chi connectivity index (χ4v) is 2.62. The standard InChI is InChI=1S/C16H22ClNO3/c1-11-9-18(16(2,3)10-21-11)15(20)8-14(19)12-4-6-13(17)7-5-12/h4-7,11,14,19H,8-10H2,1-3H3. The van der Waals surface area contributed by atoms with Gasteiger partial charge in [0, 0.05) is 11.6 Å². The van der Waals surface area contributed by atoms with E-state index in [4.69, 9.17) is 16.3 Å². The highest BCUT2D eigenvalue weighted by molar-refractivity contribution is 6.30. The molecule has 0 aliphatic carbocycles. The maximum Gasteiger partial charge on any atom is 0.226 e. The van der Waals surface area contributed by atoms with Gasteiger partial charge >= 0.3 is 0 Å². The zero-order valence-corrected chi connectivity index (χ0v) is 13.4. The first-order valence-electron chi connectivity index (χ1n) is 7.15. The van der Waals surface area contributed by atoms with Gasteiger partial charge in [0.1, 0.15) is 0 Å². The molecule has 1 aliphatic heterocycles. The number of amides is 1. The minimum absolute atomic E-state index is 0.0228. The largest absolute Gasteiger partial charge is 0.388 e. The van der Waals surface area contributed by atoms with Crippen molar-refractivity contribution in [3.63, 3.8) is 0 Å². The third-order valence-corrected chi connectivity index (χ3v) is 4.07. The Bertz CT molecular complexity index is 501. The van der Waals surface area contributed by atoms with Gasteiger partial charge in [0.2, 0.25) is 5.91 Å². The molecular weight excluding hydrogens is 290 g/mol. The van der Waals surface area contributed by atoms with Crippen molar-refractivity contribution in [1.82, 2.24) is 4.90 Å². The van der Waals surface area contributed by atoms with Crippen LogP contribution in [0.1, 0.15) is 38.9 Å². The van der Waals surface area contributed by atoms with E-state index in [1.54, 1.807) is 29.2 Å². The minimum Gasteiger partial charge on any atom is -0.388 e. The van der Waals surface area contributed by atoms with Crippen LogP contribution >= 0.6 is 11.6 Å². The molecule has 21 heavy (non-hydrogen) atoms. The first kappa shape index (κ1) is 16.3. The van der Waals surface area contributed by atoms with Gasteiger partial charge in [-0.15, -0.1) is 0 Å². The van der Waals surface area contributed by atoms with E-state index in [1.807, 2.05) is 20.8 Å². The maximum absolute atomic E-state index is 12.5. The van der Waals surface area contributed by atoms with Crippen LogP contribution in [0, 0.1) is 0 Å². The highest BCUT2D eigenvalue weighted by atomic mass is 35.5. The molecule has 1 amide bonds. The summed E-state index contributed by atoms with van der Waals surface area (Å²) < 4.78 is 5.61. The van der Waals surface area contributed by atoms with E-state index in [0.29, 0.717) is 23.7 Å². The van der Waals surface area contributed by atoms with Crippen LogP contribution in [0.3, 0.4) is 0 Å². The second-order valence-electron chi connectivity index (χ2n) is 6.21. The Kier molecular flexibility index (Phi) is 4.91. The third kappa shape index (κ3) is 3.96. The number of aliphatic hydroxyl groups is 1. The van der Waals surface area contributed by atoms with Crippen LogP contribution < -0.4 is 0 Å². The molecule has 2 rings (SSSR count). The van der Waals surface area contributed by atoms with Crippen molar-refractivity contribution in [1.29, 1.82) is 0 Å². The number of benzene rings is 1. The van der Waals surface area contributed by atoms with Gasteiger partial charge in [0.05, 0.1) is 30.8 Å². The summed E-state index contributed by atoms with van der Waals surface area (Å²) in [5, 5.41) is 10.8. The average Bonchev–Trinajstić information content (AvgIpc) is 2.42. The van der Waals surface area contributed by atoms with Crippen LogP contribution in [0.25, 0.3) is 0 Å². The molecule has 1 heterocycles. The minimum atomic E-state index is -0.816. The monoisotopic (exact) mass is 311 g/mol. The van der Waals surface area contributed by atoms with Crippen molar-refractivity contribution in [2.75, 3.05) is 13.2 Å². The molecule has 2 atom stereocenters. The van der Waals surface area contributed by atoms with Gasteiger partial charge in [-0.05, 0) is 38.5 Å². The lowest BCUT2D eigenvalue weighted by Crippen LogP contribution is -2.58. The molecule has 1 N–H and O–H groups in total. The molecule has 1 saturated heterocycles. The Morgan fingerprint density at radius 1 is 1.48 bits per heavy atom. The Hall–Kier alpha value is -1.10. The SMILES string of the molecule is CC1CN(C(=O)CC(O)c2ccc(Cl)cc2)C(C)(C)CO1. The molecule has 0 aromatic heterocycles. The predicted octanol–water partition coefficient (Wildman–Crippen LogP) is 2.79. The maximum atomic E-state index is 12.5. The zero-order valence-electron chi connectivity index (χ0n) is 12.7. The molecule has 1 aromatic carbocycles. The number of carbonyl (C=O) groups is 1. The van der Waals surface area contributed by atoms with Crippen LogP contribution in [-0.2, 0) is 9.53 Å². The van der Waals surface area contributed by atoms with Gasteiger partial charge in [-0.1, -0.05) is 23.7 Å². The van der Waals surface area contributed by atoms with E-state index in [0.717, 1.165) is 0 Å². The number of halogens is 1. The Morgan fingerprint density at radius 3 is 2.71 bits per heavy atom. The first-order valence-corrected chi connectivity index (χ1v) is 7.53. The number of ether oxygens (including phenoxy) is 1. The second kappa shape index (κ2) is 6.34. The summed E-state index contributed by atoms with van der Waals surface area (Å²) in [6, 6.07) is 6.91. The molecule has 0 bridgehead atoms. The summed E-state index contributed by atoms with van der Waals surface area (Å²) >= 11 is 5.83. The van der Waals surface area contributed by atoms with Crippen LogP contribution in [0.2, 0.25) is 5.02 Å². The Morgan fingerprint density at radius 2 is 2.10 bits per heavy atom. The zero-order chi connectivity index (χ0) is 15.6. The van der Waals surface area contributed by atoms with Crippen molar-refractivity contribution in [3.8, 4) is 0 Å². The van der Waals surface area contributed by atoms with E-state index in [2.05, 4.69) is 0 Å². The quantitative estimate of drug-likeness (QED) is 0.934. The van der Waals surface area contributed by atoms with Gasteiger partial charge < -0.3 is 14.7 Å². The van der Waals surface area contributed by atoms with E-state index in [9.17, 15) is 9.90 Å². The molecule has 0 spiro atoms. The number of hydrogen-bond acceptors (Lipinski definition) is 3. The molecule has 116 valence electrons. The molecule has 2 unspecified atom stereocenters. The second-order valence-corrected chi connectivity index (χ2v) is 6.65. The predicted molar refractivity (Wildman–Crippen MR) is 82.2 cm³/mol. The van der Waals surface area contributed by atoms with Gasteiger partial charge in [-0.3, -0.25) is 4.79 Å². The summed E-state index contributed by atoms with van der Waals surface area (Å²) in [4.78, 5) is 14.3. The molecule has 1 fully saturated rings. The number of carbonyl (C=O) groups excluding carboxylic acids is 1. The van der Waals surface area contributed by atoms with Crippen LogP contribution in [0.4, 0.5) is 0 Å². The van der Waals surface area contributed by atoms with Crippen molar-refractivity contribution in [3.05, 3.63) is 34.9 Å². The lowest BCUT2D eigenvalue weighted by molar-refractivity contribution is -0.154.